The molecule has 282 valence electrons. The van der Waals surface area contributed by atoms with Crippen molar-refractivity contribution in [1.29, 1.82) is 0 Å². The Hall–Kier alpha value is -3.53. The molecule has 4 aromatic rings. The number of ether oxygens (including phenoxy) is 1. The van der Waals surface area contributed by atoms with Gasteiger partial charge in [0.05, 0.1) is 33.4 Å². The van der Waals surface area contributed by atoms with Crippen LogP contribution >= 0.6 is 23.2 Å². The number of benzene rings is 3. The van der Waals surface area contributed by atoms with E-state index in [4.69, 9.17) is 27.9 Å². The van der Waals surface area contributed by atoms with Crippen molar-refractivity contribution >= 4 is 67.3 Å². The van der Waals surface area contributed by atoms with Crippen LogP contribution < -0.4 is 14.8 Å². The lowest BCUT2D eigenvalue weighted by Crippen LogP contribution is -2.34. The van der Waals surface area contributed by atoms with Gasteiger partial charge in [-0.25, -0.2) is 8.42 Å². The van der Waals surface area contributed by atoms with Crippen LogP contribution in [0.4, 0.5) is 11.4 Å². The number of nitrogens with zero attached hydrogens (tertiary/aromatic N) is 1. The third-order valence-corrected chi connectivity index (χ3v) is 11.3. The summed E-state index contributed by atoms with van der Waals surface area (Å²) < 4.78 is 36.6. The van der Waals surface area contributed by atoms with Crippen molar-refractivity contribution in [3.8, 4) is 5.75 Å². The van der Waals surface area contributed by atoms with Gasteiger partial charge in [0.2, 0.25) is 0 Å². The molecule has 1 aromatic heterocycles. The van der Waals surface area contributed by atoms with Crippen molar-refractivity contribution in [2.45, 2.75) is 120 Å². The van der Waals surface area contributed by atoms with Gasteiger partial charge in [0.25, 0.3) is 21.8 Å². The van der Waals surface area contributed by atoms with E-state index in [2.05, 4.69) is 17.0 Å². The second-order valence-electron chi connectivity index (χ2n) is 13.3. The van der Waals surface area contributed by atoms with Crippen LogP contribution in [0.15, 0.2) is 83.9 Å². The van der Waals surface area contributed by atoms with Crippen LogP contribution in [0.1, 0.15) is 114 Å². The van der Waals surface area contributed by atoms with E-state index < -0.39 is 27.2 Å². The number of alkyl halides is 1. The lowest BCUT2D eigenvalue weighted by Gasteiger charge is -2.17. The molecule has 0 saturated carbocycles. The van der Waals surface area contributed by atoms with E-state index in [1.54, 1.807) is 48.7 Å². The minimum Gasteiger partial charge on any atom is -0.491 e. The summed E-state index contributed by atoms with van der Waals surface area (Å²) >= 11 is 12.6. The second-order valence-corrected chi connectivity index (χ2v) is 15.9. The molecule has 0 aliphatic heterocycles. The summed E-state index contributed by atoms with van der Waals surface area (Å²) in [5.74, 6) is -1.18. The van der Waals surface area contributed by atoms with Crippen molar-refractivity contribution < 1.29 is 22.7 Å². The highest BCUT2D eigenvalue weighted by molar-refractivity contribution is 7.92. The van der Waals surface area contributed by atoms with E-state index >= 15 is 0 Å². The summed E-state index contributed by atoms with van der Waals surface area (Å²) in [5, 5.41) is 2.12. The average molecular weight is 771 g/mol. The van der Waals surface area contributed by atoms with Crippen molar-refractivity contribution in [1.82, 2.24) is 4.57 Å². The van der Waals surface area contributed by atoms with Gasteiger partial charge in [0.1, 0.15) is 5.75 Å². The van der Waals surface area contributed by atoms with Crippen molar-refractivity contribution in [3.63, 3.8) is 0 Å². The average Bonchev–Trinajstić information content (AvgIpc) is 3.58. The third-order valence-electron chi connectivity index (χ3n) is 9.18. The lowest BCUT2D eigenvalue weighted by molar-refractivity contribution is -0.115. The van der Waals surface area contributed by atoms with Gasteiger partial charge >= 0.3 is 0 Å². The summed E-state index contributed by atoms with van der Waals surface area (Å²) in [5.41, 5.74) is 0.913. The highest BCUT2D eigenvalue weighted by Crippen LogP contribution is 2.31. The van der Waals surface area contributed by atoms with E-state index in [9.17, 15) is 18.0 Å². The number of carbonyl (C=O) groups excluding carboxylic acids is 2. The molecule has 0 spiro atoms. The molecule has 1 atom stereocenters. The fraction of sp³-hybridized carbons (Fsp3) is 0.463. The summed E-state index contributed by atoms with van der Waals surface area (Å²) in [6.45, 7) is 2.64. The minimum absolute atomic E-state index is 0.0827. The van der Waals surface area contributed by atoms with Gasteiger partial charge in [0, 0.05) is 11.6 Å². The Balaban J connectivity index is 1.29. The second kappa shape index (κ2) is 21.9. The van der Waals surface area contributed by atoms with E-state index in [1.165, 1.54) is 106 Å². The molecule has 1 heterocycles. The smallest absolute Gasteiger partial charge is 0.262 e. The van der Waals surface area contributed by atoms with Crippen LogP contribution in [0.25, 0.3) is 10.9 Å². The summed E-state index contributed by atoms with van der Waals surface area (Å²) in [4.78, 5) is 26.5. The standard InChI is InChI=1S/C41H53Cl2N3O5S/c1-2-3-4-5-6-7-8-9-10-11-12-13-14-15-16-21-30-51-38-27-26-33(52(49,50)45-35-24-19-18-23-34(35)42)31-36(38)44-40(47)39(43)41(48)46-29-28-32-22-17-20-25-37(32)46/h17-20,22-29,31,39,45H,2-16,21,30H2,1H3,(H,44,47). The molecule has 0 bridgehead atoms. The maximum atomic E-state index is 13.4. The van der Waals surface area contributed by atoms with E-state index in [-0.39, 0.29) is 27.0 Å². The number of hydrogen-bond acceptors (Lipinski definition) is 5. The molecule has 0 aliphatic rings. The van der Waals surface area contributed by atoms with E-state index in [0.29, 0.717) is 12.1 Å². The van der Waals surface area contributed by atoms with Crippen molar-refractivity contribution in [3.05, 3.63) is 84.0 Å². The van der Waals surface area contributed by atoms with Gasteiger partial charge < -0.3 is 10.1 Å². The monoisotopic (exact) mass is 769 g/mol. The van der Waals surface area contributed by atoms with Crippen LogP contribution in [0, 0.1) is 0 Å². The Morgan fingerprint density at radius 2 is 1.31 bits per heavy atom. The number of sulfonamides is 1. The minimum atomic E-state index is -4.11. The molecule has 11 heteroatoms. The zero-order valence-corrected chi connectivity index (χ0v) is 32.6. The Labute approximate surface area is 319 Å². The van der Waals surface area contributed by atoms with Crippen LogP contribution in [0.5, 0.6) is 5.75 Å². The Morgan fingerprint density at radius 3 is 1.94 bits per heavy atom. The first-order valence-corrected chi connectivity index (χ1v) is 21.1. The predicted octanol–water partition coefficient (Wildman–Crippen LogP) is 11.6. The largest absolute Gasteiger partial charge is 0.491 e. The molecule has 0 saturated heterocycles. The van der Waals surface area contributed by atoms with Gasteiger partial charge in [-0.2, -0.15) is 0 Å². The molecule has 8 nitrogen and oxygen atoms in total. The number of rotatable bonds is 24. The van der Waals surface area contributed by atoms with Gasteiger partial charge in [-0.3, -0.25) is 18.9 Å². The number of anilines is 2. The molecule has 1 amide bonds. The Bertz CT molecular complexity index is 1830. The molecule has 3 aromatic carbocycles. The van der Waals surface area contributed by atoms with Crippen LogP contribution in [-0.2, 0) is 14.8 Å². The van der Waals surface area contributed by atoms with Crippen molar-refractivity contribution in [2.24, 2.45) is 0 Å². The summed E-state index contributed by atoms with van der Waals surface area (Å²) in [6.07, 6.45) is 21.8. The first kappa shape index (κ1) is 41.2. The molecule has 0 fully saturated rings. The number of nitrogens with one attached hydrogen (secondary N) is 2. The zero-order valence-electron chi connectivity index (χ0n) is 30.3. The first-order chi connectivity index (χ1) is 25.2. The molecule has 52 heavy (non-hydrogen) atoms. The predicted molar refractivity (Wildman–Crippen MR) is 215 cm³/mol. The molecule has 1 unspecified atom stereocenters. The Morgan fingerprint density at radius 1 is 0.731 bits per heavy atom. The van der Waals surface area contributed by atoms with Gasteiger partial charge in [-0.05, 0) is 48.9 Å². The number of halogens is 2. The van der Waals surface area contributed by atoms with Crippen LogP contribution in [-0.4, -0.2) is 36.8 Å². The SMILES string of the molecule is CCCCCCCCCCCCCCCCCCOc1ccc(S(=O)(=O)Nc2ccccc2Cl)cc1NC(=O)C(Cl)C(=O)n1ccc2ccccc21. The summed E-state index contributed by atoms with van der Waals surface area (Å²) in [6, 6.07) is 19.7. The number of aromatic nitrogens is 1. The maximum Gasteiger partial charge on any atom is 0.262 e. The molecular weight excluding hydrogens is 717 g/mol. The molecule has 4 rings (SSSR count). The lowest BCUT2D eigenvalue weighted by atomic mass is 10.0. The van der Waals surface area contributed by atoms with Crippen molar-refractivity contribution in [2.75, 3.05) is 16.6 Å². The van der Waals surface area contributed by atoms with Crippen LogP contribution in [0.3, 0.4) is 0 Å². The third kappa shape index (κ3) is 12.8. The van der Waals surface area contributed by atoms with E-state index in [0.717, 1.165) is 24.6 Å². The van der Waals surface area contributed by atoms with Crippen LogP contribution in [0.2, 0.25) is 5.02 Å². The quantitative estimate of drug-likeness (QED) is 0.0419. The summed E-state index contributed by atoms with van der Waals surface area (Å²) in [7, 11) is -4.11. The Kier molecular flexibility index (Phi) is 17.3. The van der Waals surface area contributed by atoms with Gasteiger partial charge in [-0.1, -0.05) is 145 Å². The molecular formula is C41H53Cl2N3O5S. The molecule has 0 radical (unpaired) electrons. The first-order valence-electron chi connectivity index (χ1n) is 18.8. The number of fused-ring (bicyclic) bond motifs is 1. The number of carbonyl (C=O) groups is 2. The highest BCUT2D eigenvalue weighted by atomic mass is 35.5. The molecule has 2 N–H and O–H groups in total. The molecule has 0 aliphatic carbocycles. The van der Waals surface area contributed by atoms with Gasteiger partial charge in [-0.15, -0.1) is 11.6 Å². The maximum absolute atomic E-state index is 13.4. The number of para-hydroxylation sites is 2. The highest BCUT2D eigenvalue weighted by Gasteiger charge is 2.28. The van der Waals surface area contributed by atoms with E-state index in [1.807, 2.05) is 12.1 Å². The normalized spacial score (nSPS) is 12.1. The zero-order chi connectivity index (χ0) is 37.2. The number of amides is 1. The number of hydrogen-bond donors (Lipinski definition) is 2. The topological polar surface area (TPSA) is 106 Å². The fourth-order valence-electron chi connectivity index (χ4n) is 6.19. The fourth-order valence-corrected chi connectivity index (χ4v) is 7.69. The number of unbranched alkanes of at least 4 members (excludes halogenated alkanes) is 15. The van der Waals surface area contributed by atoms with Gasteiger partial charge in [0.15, 0.2) is 5.38 Å².